The van der Waals surface area contributed by atoms with Crippen LogP contribution in [0.15, 0.2) is 114 Å². The molecule has 1 amide bonds. The lowest BCUT2D eigenvalue weighted by Gasteiger charge is -2.18. The number of anilines is 3. The molecule has 0 aliphatic carbocycles. The van der Waals surface area contributed by atoms with Crippen molar-refractivity contribution in [1.29, 1.82) is 0 Å². The molecule has 0 saturated heterocycles. The molecule has 4 aromatic carbocycles. The third kappa shape index (κ3) is 7.20. The molecule has 182 valence electrons. The maximum atomic E-state index is 13.4. The van der Waals surface area contributed by atoms with E-state index < -0.39 is 5.25 Å². The molecule has 0 aliphatic heterocycles. The number of nitrogens with one attached hydrogen (secondary N) is 3. The van der Waals surface area contributed by atoms with Gasteiger partial charge in [0, 0.05) is 22.0 Å². The van der Waals surface area contributed by atoms with Crippen molar-refractivity contribution < 1.29 is 4.79 Å². The van der Waals surface area contributed by atoms with Gasteiger partial charge in [-0.3, -0.25) is 4.79 Å². The molecule has 3 N–H and O–H groups in total. The number of hydrogen-bond donors (Lipinski definition) is 3. The van der Waals surface area contributed by atoms with E-state index in [0.29, 0.717) is 11.0 Å². The molecular weight excluding hydrogens is 482 g/mol. The first-order valence-corrected chi connectivity index (χ1v) is 13.1. The van der Waals surface area contributed by atoms with E-state index >= 15 is 0 Å². The highest BCUT2D eigenvalue weighted by molar-refractivity contribution is 8.00. The second kappa shape index (κ2) is 12.4. The molecule has 0 spiro atoms. The summed E-state index contributed by atoms with van der Waals surface area (Å²) < 4.78 is 0. The maximum Gasteiger partial charge on any atom is 0.242 e. The van der Waals surface area contributed by atoms with Crippen molar-refractivity contribution in [2.24, 2.45) is 0 Å². The molecule has 0 aromatic heterocycles. The topological polar surface area (TPSA) is 53.2 Å². The van der Waals surface area contributed by atoms with E-state index in [1.54, 1.807) is 0 Å². The Labute approximate surface area is 222 Å². The molecule has 1 atom stereocenters. The molecule has 0 radical (unpaired) electrons. The number of carbonyl (C=O) groups excluding carboxylic acids is 1. The van der Waals surface area contributed by atoms with Gasteiger partial charge in [-0.2, -0.15) is 0 Å². The smallest absolute Gasteiger partial charge is 0.242 e. The molecule has 6 heteroatoms. The average Bonchev–Trinajstić information content (AvgIpc) is 2.89. The Kier molecular flexibility index (Phi) is 8.76. The molecule has 0 heterocycles. The predicted octanol–water partition coefficient (Wildman–Crippen LogP) is 8.09. The van der Waals surface area contributed by atoms with Crippen LogP contribution in [0.2, 0.25) is 0 Å². The van der Waals surface area contributed by atoms with Crippen molar-refractivity contribution in [2.45, 2.75) is 29.9 Å². The first kappa shape index (κ1) is 25.5. The van der Waals surface area contributed by atoms with Crippen LogP contribution in [0.3, 0.4) is 0 Å². The van der Waals surface area contributed by atoms with E-state index in [0.717, 1.165) is 27.5 Å². The van der Waals surface area contributed by atoms with Gasteiger partial charge in [0.25, 0.3) is 0 Å². The highest BCUT2D eigenvalue weighted by Crippen LogP contribution is 2.36. The van der Waals surface area contributed by atoms with Gasteiger partial charge in [-0.25, -0.2) is 0 Å². The van der Waals surface area contributed by atoms with Crippen molar-refractivity contribution in [3.63, 3.8) is 0 Å². The molecule has 4 rings (SSSR count). The second-order valence-corrected chi connectivity index (χ2v) is 10.2. The number of amides is 1. The SMILES string of the molecule is CC(C)c1ccc(NC(=O)C(Sc2ccc(NC(=S)Nc3ccccc3)cc2)c2ccccc2)cc1. The van der Waals surface area contributed by atoms with E-state index in [1.165, 1.54) is 17.3 Å². The Bertz CT molecular complexity index is 1280. The normalized spacial score (nSPS) is 11.5. The first-order valence-electron chi connectivity index (χ1n) is 11.8. The van der Waals surface area contributed by atoms with Crippen molar-refractivity contribution in [3.05, 3.63) is 120 Å². The van der Waals surface area contributed by atoms with E-state index in [9.17, 15) is 4.79 Å². The van der Waals surface area contributed by atoms with Crippen LogP contribution in [0, 0.1) is 0 Å². The Morgan fingerprint density at radius 1 is 0.639 bits per heavy atom. The molecule has 0 bridgehead atoms. The van der Waals surface area contributed by atoms with Crippen LogP contribution in [-0.4, -0.2) is 11.0 Å². The summed E-state index contributed by atoms with van der Waals surface area (Å²) >= 11 is 6.94. The zero-order valence-electron chi connectivity index (χ0n) is 20.3. The number of thioether (sulfide) groups is 1. The molecule has 4 nitrogen and oxygen atoms in total. The first-order chi connectivity index (χ1) is 17.5. The van der Waals surface area contributed by atoms with Crippen molar-refractivity contribution in [1.82, 2.24) is 0 Å². The van der Waals surface area contributed by atoms with Crippen LogP contribution >= 0.6 is 24.0 Å². The summed E-state index contributed by atoms with van der Waals surface area (Å²) in [6.07, 6.45) is 0. The minimum atomic E-state index is -0.393. The lowest BCUT2D eigenvalue weighted by Crippen LogP contribution is -2.19. The lowest BCUT2D eigenvalue weighted by molar-refractivity contribution is -0.115. The third-order valence-electron chi connectivity index (χ3n) is 5.58. The molecule has 0 saturated carbocycles. The van der Waals surface area contributed by atoms with Gasteiger partial charge in [-0.15, -0.1) is 11.8 Å². The maximum absolute atomic E-state index is 13.4. The fourth-order valence-electron chi connectivity index (χ4n) is 3.63. The third-order valence-corrected chi connectivity index (χ3v) is 7.05. The van der Waals surface area contributed by atoms with Crippen LogP contribution in [0.25, 0.3) is 0 Å². The summed E-state index contributed by atoms with van der Waals surface area (Å²) in [6.45, 7) is 4.31. The molecular formula is C30H29N3OS2. The van der Waals surface area contributed by atoms with Gasteiger partial charge in [0.2, 0.25) is 5.91 Å². The fourth-order valence-corrected chi connectivity index (χ4v) is 4.89. The monoisotopic (exact) mass is 511 g/mol. The number of benzene rings is 4. The largest absolute Gasteiger partial charge is 0.332 e. The van der Waals surface area contributed by atoms with Crippen molar-refractivity contribution in [2.75, 3.05) is 16.0 Å². The second-order valence-electron chi connectivity index (χ2n) is 8.64. The lowest BCUT2D eigenvalue weighted by atomic mass is 10.0. The number of rotatable bonds is 8. The number of carbonyl (C=O) groups is 1. The van der Waals surface area contributed by atoms with Crippen LogP contribution in [0.4, 0.5) is 17.1 Å². The van der Waals surface area contributed by atoms with Gasteiger partial charge in [-0.05, 0) is 77.8 Å². The van der Waals surface area contributed by atoms with E-state index in [4.69, 9.17) is 12.2 Å². The van der Waals surface area contributed by atoms with Gasteiger partial charge in [0.05, 0.1) is 0 Å². The number of para-hydroxylation sites is 1. The number of hydrogen-bond acceptors (Lipinski definition) is 3. The zero-order valence-corrected chi connectivity index (χ0v) is 21.9. The Hall–Kier alpha value is -3.61. The molecule has 4 aromatic rings. The summed E-state index contributed by atoms with van der Waals surface area (Å²) in [6, 6.07) is 35.6. The summed E-state index contributed by atoms with van der Waals surface area (Å²) in [5.41, 5.74) is 4.80. The highest BCUT2D eigenvalue weighted by atomic mass is 32.2. The molecule has 0 aliphatic rings. The van der Waals surface area contributed by atoms with Gasteiger partial charge in [0.1, 0.15) is 5.25 Å². The quantitative estimate of drug-likeness (QED) is 0.165. The van der Waals surface area contributed by atoms with Crippen molar-refractivity contribution >= 4 is 52.1 Å². The van der Waals surface area contributed by atoms with Crippen molar-refractivity contribution in [3.8, 4) is 0 Å². The zero-order chi connectivity index (χ0) is 25.3. The Morgan fingerprint density at radius 3 is 1.72 bits per heavy atom. The summed E-state index contributed by atoms with van der Waals surface area (Å²) in [4.78, 5) is 14.3. The summed E-state index contributed by atoms with van der Waals surface area (Å²) in [7, 11) is 0. The standard InChI is InChI=1S/C30H29N3OS2/c1-21(2)22-13-15-25(16-14-22)31-29(34)28(23-9-5-3-6-10-23)36-27-19-17-26(18-20-27)33-30(35)32-24-11-7-4-8-12-24/h3-21,28H,1-2H3,(H,31,34)(H2,32,33,35). The Balaban J connectivity index is 1.43. The molecule has 1 unspecified atom stereocenters. The summed E-state index contributed by atoms with van der Waals surface area (Å²) in [5, 5.41) is 9.59. The van der Waals surface area contributed by atoms with E-state index in [-0.39, 0.29) is 5.91 Å². The van der Waals surface area contributed by atoms with Crippen LogP contribution < -0.4 is 16.0 Å². The predicted molar refractivity (Wildman–Crippen MR) is 157 cm³/mol. The van der Waals surface area contributed by atoms with E-state index in [1.807, 2.05) is 97.1 Å². The Morgan fingerprint density at radius 2 is 1.14 bits per heavy atom. The van der Waals surface area contributed by atoms with E-state index in [2.05, 4.69) is 41.9 Å². The van der Waals surface area contributed by atoms with Crippen LogP contribution in [-0.2, 0) is 4.79 Å². The fraction of sp³-hybridized carbons (Fsp3) is 0.133. The van der Waals surface area contributed by atoms with Crippen LogP contribution in [0.5, 0.6) is 0 Å². The average molecular weight is 512 g/mol. The van der Waals surface area contributed by atoms with Crippen LogP contribution in [0.1, 0.15) is 36.1 Å². The molecule has 36 heavy (non-hydrogen) atoms. The van der Waals surface area contributed by atoms with Gasteiger partial charge >= 0.3 is 0 Å². The van der Waals surface area contributed by atoms with Gasteiger partial charge < -0.3 is 16.0 Å². The summed E-state index contributed by atoms with van der Waals surface area (Å²) in [5.74, 6) is 0.391. The number of thiocarbonyl (C=S) groups is 1. The molecule has 0 fully saturated rings. The minimum Gasteiger partial charge on any atom is -0.332 e. The van der Waals surface area contributed by atoms with Gasteiger partial charge in [-0.1, -0.05) is 74.5 Å². The highest BCUT2D eigenvalue weighted by Gasteiger charge is 2.22. The minimum absolute atomic E-state index is 0.0565. The van der Waals surface area contributed by atoms with Gasteiger partial charge in [0.15, 0.2) is 5.11 Å².